The molecule has 2 aromatic rings. The van der Waals surface area contributed by atoms with Crippen LogP contribution in [-0.2, 0) is 6.54 Å². The Labute approximate surface area is 126 Å². The molecule has 112 valence electrons. The van der Waals surface area contributed by atoms with Crippen LogP contribution in [0.4, 0.5) is 11.5 Å². The highest BCUT2D eigenvalue weighted by Crippen LogP contribution is 2.21. The quantitative estimate of drug-likeness (QED) is 0.844. The minimum absolute atomic E-state index is 0.763. The third-order valence-corrected chi connectivity index (χ3v) is 3.09. The molecule has 2 rings (SSSR count). The van der Waals surface area contributed by atoms with Crippen molar-refractivity contribution >= 4 is 11.5 Å². The van der Waals surface area contributed by atoms with Crippen molar-refractivity contribution in [2.75, 3.05) is 30.9 Å². The summed E-state index contributed by atoms with van der Waals surface area (Å²) in [5.41, 5.74) is 2.25. The summed E-state index contributed by atoms with van der Waals surface area (Å²) >= 11 is 0. The van der Waals surface area contributed by atoms with E-state index in [-0.39, 0.29) is 0 Å². The van der Waals surface area contributed by atoms with Gasteiger partial charge in [0.2, 0.25) is 0 Å². The molecule has 0 amide bonds. The fourth-order valence-corrected chi connectivity index (χ4v) is 2.01. The fraction of sp³-hybridized carbons (Fsp3) is 0.353. The summed E-state index contributed by atoms with van der Waals surface area (Å²) in [7, 11) is 3.99. The van der Waals surface area contributed by atoms with Gasteiger partial charge in [0.1, 0.15) is 5.75 Å². The Bertz CT molecular complexity index is 552. The van der Waals surface area contributed by atoms with Crippen molar-refractivity contribution in [2.24, 2.45) is 0 Å². The van der Waals surface area contributed by atoms with Crippen LogP contribution in [0.15, 0.2) is 42.6 Å². The zero-order valence-electron chi connectivity index (χ0n) is 13.0. The van der Waals surface area contributed by atoms with Gasteiger partial charge in [-0.25, -0.2) is 4.98 Å². The summed E-state index contributed by atoms with van der Waals surface area (Å²) in [6, 6.07) is 12.2. The van der Waals surface area contributed by atoms with Gasteiger partial charge in [-0.3, -0.25) is 0 Å². The molecule has 0 saturated heterocycles. The van der Waals surface area contributed by atoms with E-state index in [0.717, 1.165) is 36.8 Å². The topological polar surface area (TPSA) is 37.4 Å². The van der Waals surface area contributed by atoms with Crippen LogP contribution in [0.25, 0.3) is 0 Å². The lowest BCUT2D eigenvalue weighted by molar-refractivity contribution is 0.317. The first-order valence-electron chi connectivity index (χ1n) is 7.28. The van der Waals surface area contributed by atoms with Crippen LogP contribution in [0.3, 0.4) is 0 Å². The number of pyridine rings is 1. The zero-order valence-corrected chi connectivity index (χ0v) is 13.0. The molecule has 0 fully saturated rings. The Morgan fingerprint density at radius 2 is 1.90 bits per heavy atom. The number of nitrogens with zero attached hydrogens (tertiary/aromatic N) is 2. The first-order valence-corrected chi connectivity index (χ1v) is 7.28. The van der Waals surface area contributed by atoms with Crippen molar-refractivity contribution in [3.8, 4) is 5.75 Å². The van der Waals surface area contributed by atoms with Gasteiger partial charge in [0.25, 0.3) is 0 Å². The van der Waals surface area contributed by atoms with Crippen molar-refractivity contribution in [2.45, 2.75) is 19.9 Å². The molecular formula is C17H23N3O. The van der Waals surface area contributed by atoms with Gasteiger partial charge in [-0.2, -0.15) is 0 Å². The monoisotopic (exact) mass is 285 g/mol. The van der Waals surface area contributed by atoms with Crippen LogP contribution in [-0.4, -0.2) is 25.7 Å². The number of benzene rings is 1. The van der Waals surface area contributed by atoms with E-state index in [4.69, 9.17) is 4.74 Å². The van der Waals surface area contributed by atoms with Crippen molar-refractivity contribution in [1.82, 2.24) is 4.98 Å². The standard InChI is InChI=1S/C17H23N3O/c1-4-12-21-15-9-7-14(8-10-15)13-19-16-6-5-11-18-17(16)20(2)3/h5-11,19H,4,12-13H2,1-3H3. The Morgan fingerprint density at radius 1 is 1.14 bits per heavy atom. The fourth-order valence-electron chi connectivity index (χ4n) is 2.01. The summed E-state index contributed by atoms with van der Waals surface area (Å²) < 4.78 is 5.59. The van der Waals surface area contributed by atoms with Gasteiger partial charge in [-0.05, 0) is 36.2 Å². The number of hydrogen-bond acceptors (Lipinski definition) is 4. The van der Waals surface area contributed by atoms with Gasteiger partial charge < -0.3 is 15.0 Å². The lowest BCUT2D eigenvalue weighted by Gasteiger charge is -2.17. The third-order valence-electron chi connectivity index (χ3n) is 3.09. The Morgan fingerprint density at radius 3 is 2.57 bits per heavy atom. The van der Waals surface area contributed by atoms with Gasteiger partial charge >= 0.3 is 0 Å². The number of nitrogens with one attached hydrogen (secondary N) is 1. The highest BCUT2D eigenvalue weighted by atomic mass is 16.5. The van der Waals surface area contributed by atoms with Gasteiger partial charge in [0.15, 0.2) is 5.82 Å². The van der Waals surface area contributed by atoms with Crippen molar-refractivity contribution in [1.29, 1.82) is 0 Å². The number of ether oxygens (including phenoxy) is 1. The minimum atomic E-state index is 0.763. The SMILES string of the molecule is CCCOc1ccc(CNc2cccnc2N(C)C)cc1. The second-order valence-electron chi connectivity index (χ2n) is 5.11. The first kappa shape index (κ1) is 15.2. The molecule has 0 aliphatic heterocycles. The number of hydrogen-bond donors (Lipinski definition) is 1. The molecule has 0 aliphatic rings. The Balaban J connectivity index is 1.97. The van der Waals surface area contributed by atoms with E-state index < -0.39 is 0 Å². The van der Waals surface area contributed by atoms with E-state index in [0.29, 0.717) is 0 Å². The van der Waals surface area contributed by atoms with Crippen LogP contribution >= 0.6 is 0 Å². The predicted octanol–water partition coefficient (Wildman–Crippen LogP) is 3.55. The molecule has 1 heterocycles. The molecule has 4 nitrogen and oxygen atoms in total. The minimum Gasteiger partial charge on any atom is -0.494 e. The van der Waals surface area contributed by atoms with Crippen molar-refractivity contribution in [3.63, 3.8) is 0 Å². The Kier molecular flexibility index (Phi) is 5.43. The van der Waals surface area contributed by atoms with Crippen LogP contribution in [0.2, 0.25) is 0 Å². The lowest BCUT2D eigenvalue weighted by atomic mass is 10.2. The highest BCUT2D eigenvalue weighted by molar-refractivity contribution is 5.64. The van der Waals surface area contributed by atoms with Crippen LogP contribution in [0.5, 0.6) is 5.75 Å². The Hall–Kier alpha value is -2.23. The summed E-state index contributed by atoms with van der Waals surface area (Å²) in [6.45, 7) is 3.63. The van der Waals surface area contributed by atoms with Crippen LogP contribution in [0, 0.1) is 0 Å². The van der Waals surface area contributed by atoms with E-state index in [2.05, 4.69) is 29.4 Å². The van der Waals surface area contributed by atoms with Gasteiger partial charge in [0.05, 0.1) is 12.3 Å². The largest absolute Gasteiger partial charge is 0.494 e. The average molecular weight is 285 g/mol. The van der Waals surface area contributed by atoms with Crippen LogP contribution in [0.1, 0.15) is 18.9 Å². The third kappa shape index (κ3) is 4.38. The maximum Gasteiger partial charge on any atom is 0.151 e. The number of aromatic nitrogens is 1. The van der Waals surface area contributed by atoms with E-state index in [1.165, 1.54) is 5.56 Å². The average Bonchev–Trinajstić information content (AvgIpc) is 2.52. The van der Waals surface area contributed by atoms with E-state index in [1.807, 2.05) is 43.3 Å². The summed E-state index contributed by atoms with van der Waals surface area (Å²) in [5, 5.41) is 3.43. The van der Waals surface area contributed by atoms with Crippen molar-refractivity contribution in [3.05, 3.63) is 48.2 Å². The van der Waals surface area contributed by atoms with Gasteiger partial charge in [-0.15, -0.1) is 0 Å². The smallest absolute Gasteiger partial charge is 0.151 e. The summed E-state index contributed by atoms with van der Waals surface area (Å²) in [6.07, 6.45) is 2.83. The zero-order chi connectivity index (χ0) is 15.1. The molecule has 0 bridgehead atoms. The molecule has 0 radical (unpaired) electrons. The van der Waals surface area contributed by atoms with Gasteiger partial charge in [0, 0.05) is 26.8 Å². The molecule has 0 spiro atoms. The molecule has 0 aliphatic carbocycles. The van der Waals surface area contributed by atoms with E-state index in [9.17, 15) is 0 Å². The van der Waals surface area contributed by atoms with Crippen molar-refractivity contribution < 1.29 is 4.74 Å². The number of rotatable bonds is 7. The molecule has 1 aromatic carbocycles. The van der Waals surface area contributed by atoms with Gasteiger partial charge in [-0.1, -0.05) is 19.1 Å². The molecule has 4 heteroatoms. The molecule has 1 N–H and O–H groups in total. The summed E-state index contributed by atoms with van der Waals surface area (Å²) in [5.74, 6) is 1.87. The highest BCUT2D eigenvalue weighted by Gasteiger charge is 2.04. The maximum atomic E-state index is 5.59. The summed E-state index contributed by atoms with van der Waals surface area (Å²) in [4.78, 5) is 6.39. The van der Waals surface area contributed by atoms with E-state index >= 15 is 0 Å². The molecule has 0 unspecified atom stereocenters. The predicted molar refractivity (Wildman–Crippen MR) is 88.1 cm³/mol. The second kappa shape index (κ2) is 7.53. The molecule has 21 heavy (non-hydrogen) atoms. The molecule has 0 atom stereocenters. The first-order chi connectivity index (χ1) is 10.2. The van der Waals surface area contributed by atoms with E-state index in [1.54, 1.807) is 6.20 Å². The lowest BCUT2D eigenvalue weighted by Crippen LogP contribution is -2.13. The second-order valence-corrected chi connectivity index (χ2v) is 5.11. The molecule has 0 saturated carbocycles. The number of anilines is 2. The molecular weight excluding hydrogens is 262 g/mol. The van der Waals surface area contributed by atoms with Crippen LogP contribution < -0.4 is 15.0 Å². The maximum absolute atomic E-state index is 5.59. The normalized spacial score (nSPS) is 10.2. The molecule has 1 aromatic heterocycles.